The number of carbonyl (C=O) groups excluding carboxylic acids is 1. The molecule has 0 aromatic carbocycles. The molecule has 0 saturated carbocycles. The lowest BCUT2D eigenvalue weighted by atomic mass is 10.0. The first-order valence-corrected chi connectivity index (χ1v) is 4.79. The van der Waals surface area contributed by atoms with Gasteiger partial charge < -0.3 is 9.47 Å². The van der Waals surface area contributed by atoms with Gasteiger partial charge in [-0.05, 0) is 19.8 Å². The monoisotopic (exact) mass is 184 g/mol. The van der Waals surface area contributed by atoms with E-state index in [1.54, 1.807) is 6.92 Å². The van der Waals surface area contributed by atoms with Crippen LogP contribution in [-0.4, -0.2) is 19.2 Å². The van der Waals surface area contributed by atoms with Crippen LogP contribution in [0.2, 0.25) is 0 Å². The number of carbonyl (C=O) groups is 1. The SMILES string of the molecule is CCOC(=O)/C=C1/OCCC1CC. The van der Waals surface area contributed by atoms with Crippen LogP contribution in [0.25, 0.3) is 0 Å². The molecule has 3 nitrogen and oxygen atoms in total. The number of hydrogen-bond acceptors (Lipinski definition) is 3. The van der Waals surface area contributed by atoms with Crippen molar-refractivity contribution in [3.05, 3.63) is 11.8 Å². The van der Waals surface area contributed by atoms with Gasteiger partial charge in [0.05, 0.1) is 19.3 Å². The fraction of sp³-hybridized carbons (Fsp3) is 0.700. The number of allylic oxidation sites excluding steroid dienone is 1. The first-order valence-electron chi connectivity index (χ1n) is 4.79. The summed E-state index contributed by atoms with van der Waals surface area (Å²) >= 11 is 0. The molecule has 3 heteroatoms. The molecular weight excluding hydrogens is 168 g/mol. The van der Waals surface area contributed by atoms with Crippen molar-refractivity contribution in [1.82, 2.24) is 0 Å². The second-order valence-corrected chi connectivity index (χ2v) is 3.04. The van der Waals surface area contributed by atoms with E-state index in [4.69, 9.17) is 9.47 Å². The average Bonchev–Trinajstić information content (AvgIpc) is 2.52. The van der Waals surface area contributed by atoms with Crippen LogP contribution >= 0.6 is 0 Å². The molecule has 0 amide bonds. The third-order valence-electron chi connectivity index (χ3n) is 2.18. The van der Waals surface area contributed by atoms with E-state index >= 15 is 0 Å². The molecule has 0 N–H and O–H groups in total. The predicted octanol–water partition coefficient (Wildman–Crippen LogP) is 1.88. The van der Waals surface area contributed by atoms with Crippen molar-refractivity contribution in [2.24, 2.45) is 5.92 Å². The summed E-state index contributed by atoms with van der Waals surface area (Å²) in [4.78, 5) is 11.1. The summed E-state index contributed by atoms with van der Waals surface area (Å²) in [5.41, 5.74) is 0. The number of esters is 1. The summed E-state index contributed by atoms with van der Waals surface area (Å²) in [5, 5.41) is 0. The Labute approximate surface area is 78.7 Å². The van der Waals surface area contributed by atoms with Gasteiger partial charge in [0.25, 0.3) is 0 Å². The summed E-state index contributed by atoms with van der Waals surface area (Å²) in [6.45, 7) is 5.03. The van der Waals surface area contributed by atoms with Crippen LogP contribution in [0.3, 0.4) is 0 Å². The normalized spacial score (nSPS) is 24.5. The Morgan fingerprint density at radius 2 is 2.46 bits per heavy atom. The molecule has 0 spiro atoms. The minimum absolute atomic E-state index is 0.294. The maximum atomic E-state index is 11.1. The van der Waals surface area contributed by atoms with Crippen LogP contribution in [0, 0.1) is 5.92 Å². The minimum atomic E-state index is -0.294. The quantitative estimate of drug-likeness (QED) is 0.496. The van der Waals surface area contributed by atoms with Crippen molar-refractivity contribution in [2.45, 2.75) is 26.7 Å². The molecule has 13 heavy (non-hydrogen) atoms. The van der Waals surface area contributed by atoms with Gasteiger partial charge in [-0.1, -0.05) is 6.92 Å². The summed E-state index contributed by atoms with van der Waals surface area (Å²) in [6, 6.07) is 0. The lowest BCUT2D eigenvalue weighted by Crippen LogP contribution is -2.04. The molecule has 1 fully saturated rings. The molecule has 1 rings (SSSR count). The topological polar surface area (TPSA) is 35.5 Å². The van der Waals surface area contributed by atoms with E-state index in [0.29, 0.717) is 12.5 Å². The number of ether oxygens (including phenoxy) is 2. The Morgan fingerprint density at radius 1 is 1.69 bits per heavy atom. The third kappa shape index (κ3) is 2.76. The van der Waals surface area contributed by atoms with Gasteiger partial charge in [-0.25, -0.2) is 4.79 Å². The summed E-state index contributed by atoms with van der Waals surface area (Å²) in [6.07, 6.45) is 3.51. The van der Waals surface area contributed by atoms with Gasteiger partial charge >= 0.3 is 5.97 Å². The minimum Gasteiger partial charge on any atom is -0.497 e. The molecule has 1 unspecified atom stereocenters. The Kier molecular flexibility index (Phi) is 3.80. The summed E-state index contributed by atoms with van der Waals surface area (Å²) < 4.78 is 10.1. The van der Waals surface area contributed by atoms with E-state index in [1.807, 2.05) is 0 Å². The standard InChI is InChI=1S/C10H16O3/c1-3-8-5-6-13-9(8)7-10(11)12-4-2/h7-8H,3-6H2,1-2H3/b9-7+. The van der Waals surface area contributed by atoms with Crippen molar-refractivity contribution in [1.29, 1.82) is 0 Å². The van der Waals surface area contributed by atoms with Gasteiger partial charge in [0.1, 0.15) is 5.76 Å². The fourth-order valence-corrected chi connectivity index (χ4v) is 1.44. The maximum Gasteiger partial charge on any atom is 0.334 e. The summed E-state index contributed by atoms with van der Waals surface area (Å²) in [5.74, 6) is 0.906. The number of hydrogen-bond donors (Lipinski definition) is 0. The molecular formula is C10H16O3. The third-order valence-corrected chi connectivity index (χ3v) is 2.18. The highest BCUT2D eigenvalue weighted by Crippen LogP contribution is 2.27. The van der Waals surface area contributed by atoms with Crippen molar-refractivity contribution >= 4 is 5.97 Å². The zero-order valence-corrected chi connectivity index (χ0v) is 8.21. The Bertz CT molecular complexity index is 208. The van der Waals surface area contributed by atoms with Gasteiger partial charge in [-0.3, -0.25) is 0 Å². The Morgan fingerprint density at radius 3 is 3.08 bits per heavy atom. The molecule has 0 bridgehead atoms. The zero-order valence-electron chi connectivity index (χ0n) is 8.21. The molecule has 1 saturated heterocycles. The van der Waals surface area contributed by atoms with Gasteiger partial charge in [-0.15, -0.1) is 0 Å². The Balaban J connectivity index is 2.53. The van der Waals surface area contributed by atoms with Crippen LogP contribution in [0.15, 0.2) is 11.8 Å². The fourth-order valence-electron chi connectivity index (χ4n) is 1.44. The second kappa shape index (κ2) is 4.90. The van der Waals surface area contributed by atoms with Crippen molar-refractivity contribution < 1.29 is 14.3 Å². The van der Waals surface area contributed by atoms with Crippen molar-refractivity contribution in [3.8, 4) is 0 Å². The van der Waals surface area contributed by atoms with Crippen LogP contribution in [0.5, 0.6) is 0 Å². The molecule has 74 valence electrons. The Hall–Kier alpha value is -0.990. The highest BCUT2D eigenvalue weighted by molar-refractivity contribution is 5.82. The van der Waals surface area contributed by atoms with Crippen molar-refractivity contribution in [2.75, 3.05) is 13.2 Å². The van der Waals surface area contributed by atoms with E-state index in [0.717, 1.165) is 25.2 Å². The van der Waals surface area contributed by atoms with Gasteiger partial charge in [0.15, 0.2) is 0 Å². The molecule has 0 radical (unpaired) electrons. The smallest absolute Gasteiger partial charge is 0.334 e. The lowest BCUT2D eigenvalue weighted by Gasteiger charge is -2.05. The summed E-state index contributed by atoms with van der Waals surface area (Å²) in [7, 11) is 0. The van der Waals surface area contributed by atoms with Crippen LogP contribution in [0.4, 0.5) is 0 Å². The van der Waals surface area contributed by atoms with E-state index in [-0.39, 0.29) is 5.97 Å². The van der Waals surface area contributed by atoms with E-state index in [9.17, 15) is 4.79 Å². The van der Waals surface area contributed by atoms with Crippen LogP contribution < -0.4 is 0 Å². The molecule has 0 aromatic rings. The van der Waals surface area contributed by atoms with Crippen LogP contribution in [0.1, 0.15) is 26.7 Å². The van der Waals surface area contributed by atoms with E-state index in [2.05, 4.69) is 6.92 Å². The van der Waals surface area contributed by atoms with Gasteiger partial charge in [-0.2, -0.15) is 0 Å². The lowest BCUT2D eigenvalue weighted by molar-refractivity contribution is -0.137. The molecule has 1 aliphatic heterocycles. The average molecular weight is 184 g/mol. The highest BCUT2D eigenvalue weighted by Gasteiger charge is 2.21. The molecule has 1 aliphatic rings. The first-order chi connectivity index (χ1) is 6.27. The van der Waals surface area contributed by atoms with Gasteiger partial charge in [0, 0.05) is 5.92 Å². The first kappa shape index (κ1) is 10.1. The highest BCUT2D eigenvalue weighted by atomic mass is 16.5. The van der Waals surface area contributed by atoms with E-state index in [1.165, 1.54) is 6.08 Å². The predicted molar refractivity (Wildman–Crippen MR) is 49.1 cm³/mol. The number of rotatable bonds is 3. The van der Waals surface area contributed by atoms with Crippen molar-refractivity contribution in [3.63, 3.8) is 0 Å². The van der Waals surface area contributed by atoms with Crippen LogP contribution in [-0.2, 0) is 14.3 Å². The largest absolute Gasteiger partial charge is 0.497 e. The zero-order chi connectivity index (χ0) is 9.68. The van der Waals surface area contributed by atoms with E-state index < -0.39 is 0 Å². The van der Waals surface area contributed by atoms with Gasteiger partial charge in [0.2, 0.25) is 0 Å². The second-order valence-electron chi connectivity index (χ2n) is 3.04. The molecule has 1 atom stereocenters. The maximum absolute atomic E-state index is 11.1. The molecule has 0 aliphatic carbocycles. The molecule has 0 aromatic heterocycles. The molecule has 1 heterocycles.